The van der Waals surface area contributed by atoms with Crippen LogP contribution in [0.5, 0.6) is 5.75 Å². The largest absolute Gasteiger partial charge is 0.508 e. The molecule has 0 spiro atoms. The van der Waals surface area contributed by atoms with Crippen molar-refractivity contribution in [3.8, 4) is 16.9 Å². The summed E-state index contributed by atoms with van der Waals surface area (Å²) in [4.78, 5) is 9.26. The number of nitrogens with zero attached hydrogens (tertiary/aromatic N) is 2. The Balaban J connectivity index is 1.56. The maximum Gasteiger partial charge on any atom is 0.131 e. The van der Waals surface area contributed by atoms with E-state index >= 15 is 0 Å². The van der Waals surface area contributed by atoms with Crippen molar-refractivity contribution < 1.29 is 5.11 Å². The third-order valence-corrected chi connectivity index (χ3v) is 5.30. The van der Waals surface area contributed by atoms with E-state index in [2.05, 4.69) is 16.9 Å². The van der Waals surface area contributed by atoms with Crippen molar-refractivity contribution in [3.63, 3.8) is 0 Å². The molecule has 0 saturated heterocycles. The number of phenols is 1. The molecule has 0 radical (unpaired) electrons. The molecule has 1 heterocycles. The molecule has 1 fully saturated rings. The molecule has 1 saturated carbocycles. The van der Waals surface area contributed by atoms with Gasteiger partial charge >= 0.3 is 0 Å². The number of hydrogen-bond acceptors (Lipinski definition) is 3. The molecule has 3 nitrogen and oxygen atoms in total. The van der Waals surface area contributed by atoms with Crippen molar-refractivity contribution in [1.82, 2.24) is 9.97 Å². The summed E-state index contributed by atoms with van der Waals surface area (Å²) < 4.78 is 0. The molecule has 24 heavy (non-hydrogen) atoms. The molecule has 2 aromatic rings. The maximum absolute atomic E-state index is 9.38. The lowest BCUT2D eigenvalue weighted by atomic mass is 9.79. The van der Waals surface area contributed by atoms with Crippen molar-refractivity contribution in [2.24, 2.45) is 5.92 Å². The quantitative estimate of drug-likeness (QED) is 0.693. The number of unbranched alkanes of at least 4 members (excludes halogenated alkanes) is 2. The number of rotatable bonds is 6. The third kappa shape index (κ3) is 4.34. The Morgan fingerprint density at radius 2 is 1.58 bits per heavy atom. The van der Waals surface area contributed by atoms with Crippen LogP contribution in [-0.2, 0) is 0 Å². The Morgan fingerprint density at radius 1 is 0.917 bits per heavy atom. The minimum Gasteiger partial charge on any atom is -0.508 e. The normalized spacial score (nSPS) is 20.9. The fraction of sp³-hybridized carbons (Fsp3) is 0.524. The first-order valence-electron chi connectivity index (χ1n) is 9.37. The molecule has 1 aliphatic rings. The minimum absolute atomic E-state index is 0.284. The van der Waals surface area contributed by atoms with Gasteiger partial charge in [-0.3, -0.25) is 0 Å². The lowest BCUT2D eigenvalue weighted by Gasteiger charge is -2.27. The zero-order chi connectivity index (χ0) is 16.8. The molecule has 0 atom stereocenters. The molecule has 1 N–H and O–H groups in total. The SMILES string of the molecule is CCCCCC1CCC(c2ncc(-c3ccc(O)cc3)cn2)CC1. The fourth-order valence-corrected chi connectivity index (χ4v) is 3.74. The highest BCUT2D eigenvalue weighted by Crippen LogP contribution is 2.36. The van der Waals surface area contributed by atoms with Crippen molar-refractivity contribution in [3.05, 3.63) is 42.5 Å². The van der Waals surface area contributed by atoms with Crippen LogP contribution in [0.4, 0.5) is 0 Å². The van der Waals surface area contributed by atoms with Gasteiger partial charge in [-0.15, -0.1) is 0 Å². The van der Waals surface area contributed by atoms with E-state index in [9.17, 15) is 5.11 Å². The zero-order valence-corrected chi connectivity index (χ0v) is 14.6. The predicted molar refractivity (Wildman–Crippen MR) is 98.0 cm³/mol. The molecular formula is C21H28N2O. The number of phenolic OH excluding ortho intramolecular Hbond substituents is 1. The van der Waals surface area contributed by atoms with Gasteiger partial charge in [0.1, 0.15) is 11.6 Å². The molecule has 1 aromatic carbocycles. The summed E-state index contributed by atoms with van der Waals surface area (Å²) in [7, 11) is 0. The van der Waals surface area contributed by atoms with E-state index in [1.807, 2.05) is 24.5 Å². The molecule has 128 valence electrons. The van der Waals surface area contributed by atoms with Gasteiger partial charge in [0, 0.05) is 23.9 Å². The van der Waals surface area contributed by atoms with Crippen molar-refractivity contribution in [2.75, 3.05) is 0 Å². The van der Waals surface area contributed by atoms with Crippen LogP contribution in [0, 0.1) is 5.92 Å². The van der Waals surface area contributed by atoms with Crippen molar-refractivity contribution >= 4 is 0 Å². The lowest BCUT2D eigenvalue weighted by Crippen LogP contribution is -2.15. The van der Waals surface area contributed by atoms with Gasteiger partial charge in [0.2, 0.25) is 0 Å². The summed E-state index contributed by atoms with van der Waals surface area (Å²) in [6.07, 6.45) is 14.5. The van der Waals surface area contributed by atoms with E-state index in [1.165, 1.54) is 51.4 Å². The summed E-state index contributed by atoms with van der Waals surface area (Å²) in [5.41, 5.74) is 2.05. The maximum atomic E-state index is 9.38. The summed E-state index contributed by atoms with van der Waals surface area (Å²) >= 11 is 0. The Morgan fingerprint density at radius 3 is 2.21 bits per heavy atom. The Hall–Kier alpha value is -1.90. The molecule has 0 bridgehead atoms. The first kappa shape index (κ1) is 16.9. The van der Waals surface area contributed by atoms with Gasteiger partial charge in [0.05, 0.1) is 0 Å². The summed E-state index contributed by atoms with van der Waals surface area (Å²) in [5, 5.41) is 9.38. The number of aromatic nitrogens is 2. The summed E-state index contributed by atoms with van der Waals surface area (Å²) in [6, 6.07) is 7.19. The van der Waals surface area contributed by atoms with E-state index in [1.54, 1.807) is 12.1 Å². The van der Waals surface area contributed by atoms with Crippen LogP contribution < -0.4 is 0 Å². The average molecular weight is 324 g/mol. The number of benzene rings is 1. The highest BCUT2D eigenvalue weighted by atomic mass is 16.3. The smallest absolute Gasteiger partial charge is 0.131 e. The van der Waals surface area contributed by atoms with Gasteiger partial charge in [-0.2, -0.15) is 0 Å². The second-order valence-electron chi connectivity index (χ2n) is 7.09. The summed E-state index contributed by atoms with van der Waals surface area (Å²) in [5.74, 6) is 2.74. The lowest BCUT2D eigenvalue weighted by molar-refractivity contribution is 0.297. The van der Waals surface area contributed by atoms with Crippen LogP contribution in [0.25, 0.3) is 11.1 Å². The standard InChI is InChI=1S/C21H28N2O/c1-2-3-4-5-16-6-8-18(9-7-16)21-22-14-19(15-23-21)17-10-12-20(24)13-11-17/h10-16,18,24H,2-9H2,1H3. The zero-order valence-electron chi connectivity index (χ0n) is 14.6. The van der Waals surface area contributed by atoms with Crippen molar-refractivity contribution in [1.29, 1.82) is 0 Å². The highest BCUT2D eigenvalue weighted by molar-refractivity contribution is 5.62. The molecule has 3 rings (SSSR count). The first-order chi connectivity index (χ1) is 11.8. The Bertz CT molecular complexity index is 613. The van der Waals surface area contributed by atoms with E-state index in [0.717, 1.165) is 22.9 Å². The van der Waals surface area contributed by atoms with Crippen molar-refractivity contribution in [2.45, 2.75) is 64.2 Å². The van der Waals surface area contributed by atoms with E-state index in [-0.39, 0.29) is 5.75 Å². The monoisotopic (exact) mass is 324 g/mol. The van der Waals surface area contributed by atoms with Crippen LogP contribution in [0.2, 0.25) is 0 Å². The topological polar surface area (TPSA) is 46.0 Å². The molecule has 1 aromatic heterocycles. The highest BCUT2D eigenvalue weighted by Gasteiger charge is 2.23. The average Bonchev–Trinajstić information content (AvgIpc) is 2.63. The molecule has 0 unspecified atom stereocenters. The number of aromatic hydroxyl groups is 1. The predicted octanol–water partition coefficient (Wildman–Crippen LogP) is 5.70. The second kappa shape index (κ2) is 8.27. The van der Waals surface area contributed by atoms with Crippen LogP contribution in [0.1, 0.15) is 70.0 Å². The molecule has 1 aliphatic carbocycles. The van der Waals surface area contributed by atoms with Gasteiger partial charge in [0.25, 0.3) is 0 Å². The summed E-state index contributed by atoms with van der Waals surface area (Å²) in [6.45, 7) is 2.27. The number of hydrogen-bond donors (Lipinski definition) is 1. The van der Waals surface area contributed by atoms with Gasteiger partial charge in [0.15, 0.2) is 0 Å². The fourth-order valence-electron chi connectivity index (χ4n) is 3.74. The van der Waals surface area contributed by atoms with Crippen LogP contribution >= 0.6 is 0 Å². The van der Waals surface area contributed by atoms with Crippen LogP contribution in [-0.4, -0.2) is 15.1 Å². The third-order valence-electron chi connectivity index (χ3n) is 5.30. The van der Waals surface area contributed by atoms with E-state index in [4.69, 9.17) is 0 Å². The van der Waals surface area contributed by atoms with Crippen LogP contribution in [0.15, 0.2) is 36.7 Å². The molecule has 3 heteroatoms. The first-order valence-corrected chi connectivity index (χ1v) is 9.37. The minimum atomic E-state index is 0.284. The Kier molecular flexibility index (Phi) is 5.84. The Labute approximate surface area is 145 Å². The van der Waals surface area contributed by atoms with Gasteiger partial charge in [-0.25, -0.2) is 9.97 Å². The second-order valence-corrected chi connectivity index (χ2v) is 7.09. The van der Waals surface area contributed by atoms with Gasteiger partial charge in [-0.05, 0) is 49.3 Å². The van der Waals surface area contributed by atoms with E-state index < -0.39 is 0 Å². The van der Waals surface area contributed by atoms with Gasteiger partial charge in [-0.1, -0.05) is 44.7 Å². The molecule has 0 amide bonds. The molecular weight excluding hydrogens is 296 g/mol. The van der Waals surface area contributed by atoms with Gasteiger partial charge < -0.3 is 5.11 Å². The van der Waals surface area contributed by atoms with Crippen LogP contribution in [0.3, 0.4) is 0 Å². The van der Waals surface area contributed by atoms with E-state index in [0.29, 0.717) is 5.92 Å². The molecule has 0 aliphatic heterocycles.